The number of carbonyl (C=O) groups excluding carboxylic acids is 1. The van der Waals surface area contributed by atoms with E-state index in [0.717, 1.165) is 11.3 Å². The van der Waals surface area contributed by atoms with Crippen LogP contribution in [0.5, 0.6) is 0 Å². The van der Waals surface area contributed by atoms with Gasteiger partial charge >= 0.3 is 0 Å². The van der Waals surface area contributed by atoms with Crippen molar-refractivity contribution in [3.05, 3.63) is 46.7 Å². The summed E-state index contributed by atoms with van der Waals surface area (Å²) in [6.45, 7) is 0. The highest BCUT2D eigenvalue weighted by atomic mass is 32.1. The Labute approximate surface area is 97.9 Å². The van der Waals surface area contributed by atoms with E-state index in [1.807, 2.05) is 0 Å². The molecule has 0 saturated heterocycles. The van der Waals surface area contributed by atoms with Crippen LogP contribution in [0.2, 0.25) is 0 Å². The molecular formula is C10H5F3N2OS. The van der Waals surface area contributed by atoms with Gasteiger partial charge in [-0.05, 0) is 12.1 Å². The van der Waals surface area contributed by atoms with Gasteiger partial charge in [-0.2, -0.15) is 0 Å². The first-order chi connectivity index (χ1) is 8.08. The molecule has 1 heterocycles. The van der Waals surface area contributed by atoms with Gasteiger partial charge < -0.3 is 0 Å². The molecule has 0 aliphatic carbocycles. The summed E-state index contributed by atoms with van der Waals surface area (Å²) in [7, 11) is 0. The third-order valence-corrected chi connectivity index (χ3v) is 2.59. The van der Waals surface area contributed by atoms with Crippen molar-refractivity contribution >= 4 is 22.4 Å². The van der Waals surface area contributed by atoms with Crippen LogP contribution in [0, 0.1) is 17.5 Å². The second-order valence-corrected chi connectivity index (χ2v) is 3.94. The molecule has 1 aromatic heterocycles. The van der Waals surface area contributed by atoms with Crippen LogP contribution in [0.4, 0.5) is 18.3 Å². The number of hydrogen-bond donors (Lipinski definition) is 1. The van der Waals surface area contributed by atoms with E-state index in [1.54, 1.807) is 5.38 Å². The van der Waals surface area contributed by atoms with Crippen LogP contribution >= 0.6 is 11.3 Å². The zero-order valence-corrected chi connectivity index (χ0v) is 9.02. The van der Waals surface area contributed by atoms with Gasteiger partial charge in [0, 0.05) is 17.1 Å². The van der Waals surface area contributed by atoms with Crippen LogP contribution < -0.4 is 5.32 Å². The second kappa shape index (κ2) is 4.54. The largest absolute Gasteiger partial charge is 0.298 e. The number of nitrogens with one attached hydrogen (secondary N) is 1. The number of carbonyl (C=O) groups is 1. The third kappa shape index (κ3) is 2.44. The van der Waals surface area contributed by atoms with E-state index in [2.05, 4.69) is 10.3 Å². The Morgan fingerprint density at radius 1 is 1.24 bits per heavy atom. The number of anilines is 1. The van der Waals surface area contributed by atoms with E-state index in [-0.39, 0.29) is 5.56 Å². The standard InChI is InChI=1S/C10H5F3N2OS/c11-6-3-5(4-7(12)8(6)13)9(16)15-10-14-1-2-17-10/h1-4H,(H,14,15,16). The first kappa shape index (κ1) is 11.6. The summed E-state index contributed by atoms with van der Waals surface area (Å²) < 4.78 is 38.4. The minimum atomic E-state index is -1.60. The van der Waals surface area contributed by atoms with Crippen molar-refractivity contribution in [3.8, 4) is 0 Å². The van der Waals surface area contributed by atoms with E-state index in [4.69, 9.17) is 0 Å². The average Bonchev–Trinajstić information content (AvgIpc) is 2.77. The van der Waals surface area contributed by atoms with Crippen molar-refractivity contribution < 1.29 is 18.0 Å². The first-order valence-electron chi connectivity index (χ1n) is 4.43. The van der Waals surface area contributed by atoms with Gasteiger partial charge in [-0.3, -0.25) is 10.1 Å². The first-order valence-corrected chi connectivity index (χ1v) is 5.31. The van der Waals surface area contributed by atoms with Crippen molar-refractivity contribution in [3.63, 3.8) is 0 Å². The predicted molar refractivity (Wildman–Crippen MR) is 56.4 cm³/mol. The van der Waals surface area contributed by atoms with Gasteiger partial charge in [0.2, 0.25) is 0 Å². The zero-order valence-electron chi connectivity index (χ0n) is 8.21. The van der Waals surface area contributed by atoms with E-state index in [1.165, 1.54) is 6.20 Å². The molecule has 0 fully saturated rings. The molecule has 88 valence electrons. The molecule has 0 aliphatic rings. The molecular weight excluding hydrogens is 253 g/mol. The van der Waals surface area contributed by atoms with Crippen molar-refractivity contribution in [2.45, 2.75) is 0 Å². The van der Waals surface area contributed by atoms with Gasteiger partial charge in [0.1, 0.15) is 0 Å². The molecule has 0 saturated carbocycles. The monoisotopic (exact) mass is 258 g/mol. The van der Waals surface area contributed by atoms with E-state index < -0.39 is 23.4 Å². The minimum Gasteiger partial charge on any atom is -0.298 e. The third-order valence-electron chi connectivity index (χ3n) is 1.90. The number of aromatic nitrogens is 1. The van der Waals surface area contributed by atoms with Crippen molar-refractivity contribution in [1.29, 1.82) is 0 Å². The molecule has 0 spiro atoms. The summed E-state index contributed by atoms with van der Waals surface area (Å²) in [4.78, 5) is 15.3. The Hall–Kier alpha value is -1.89. The number of thiazole rings is 1. The van der Waals surface area contributed by atoms with E-state index >= 15 is 0 Å². The number of hydrogen-bond acceptors (Lipinski definition) is 3. The van der Waals surface area contributed by atoms with Crippen molar-refractivity contribution in [2.24, 2.45) is 0 Å². The van der Waals surface area contributed by atoms with Crippen LogP contribution in [0.25, 0.3) is 0 Å². The highest BCUT2D eigenvalue weighted by molar-refractivity contribution is 7.13. The molecule has 1 amide bonds. The van der Waals surface area contributed by atoms with Gasteiger partial charge in [-0.25, -0.2) is 18.2 Å². The molecule has 0 aliphatic heterocycles. The molecule has 7 heteroatoms. The Morgan fingerprint density at radius 2 is 1.88 bits per heavy atom. The minimum absolute atomic E-state index is 0.292. The summed E-state index contributed by atoms with van der Waals surface area (Å²) in [6.07, 6.45) is 1.46. The molecule has 2 aromatic rings. The smallest absolute Gasteiger partial charge is 0.257 e. The maximum absolute atomic E-state index is 12.9. The SMILES string of the molecule is O=C(Nc1nccs1)c1cc(F)c(F)c(F)c1. The summed E-state index contributed by atoms with van der Waals surface area (Å²) in [5.41, 5.74) is -0.309. The quantitative estimate of drug-likeness (QED) is 0.841. The maximum Gasteiger partial charge on any atom is 0.257 e. The second-order valence-electron chi connectivity index (χ2n) is 3.05. The normalized spacial score (nSPS) is 10.3. The lowest BCUT2D eigenvalue weighted by molar-refractivity contribution is 0.102. The number of benzene rings is 1. The number of nitrogens with zero attached hydrogens (tertiary/aromatic N) is 1. The summed E-state index contributed by atoms with van der Waals surface area (Å²) >= 11 is 1.15. The summed E-state index contributed by atoms with van der Waals surface area (Å²) in [6, 6.07) is 1.25. The molecule has 0 bridgehead atoms. The Balaban J connectivity index is 2.26. The van der Waals surface area contributed by atoms with E-state index in [0.29, 0.717) is 17.3 Å². The number of halogens is 3. The number of rotatable bonds is 2. The van der Waals surface area contributed by atoms with Crippen LogP contribution in [0.1, 0.15) is 10.4 Å². The lowest BCUT2D eigenvalue weighted by Crippen LogP contribution is -2.13. The highest BCUT2D eigenvalue weighted by Crippen LogP contribution is 2.16. The van der Waals surface area contributed by atoms with Gasteiger partial charge in [0.15, 0.2) is 22.6 Å². The predicted octanol–water partition coefficient (Wildman–Crippen LogP) is 2.81. The Bertz CT molecular complexity index is 534. The van der Waals surface area contributed by atoms with Gasteiger partial charge in [0.05, 0.1) is 0 Å². The number of amides is 1. The molecule has 17 heavy (non-hydrogen) atoms. The molecule has 0 radical (unpaired) electrons. The maximum atomic E-state index is 12.9. The van der Waals surface area contributed by atoms with Crippen molar-refractivity contribution in [1.82, 2.24) is 4.98 Å². The zero-order chi connectivity index (χ0) is 12.4. The fraction of sp³-hybridized carbons (Fsp3) is 0. The topological polar surface area (TPSA) is 42.0 Å². The van der Waals surface area contributed by atoms with Crippen LogP contribution in [0.15, 0.2) is 23.7 Å². The summed E-state index contributed by atoms with van der Waals surface area (Å²) in [5, 5.41) is 4.24. The van der Waals surface area contributed by atoms with Crippen LogP contribution in [-0.2, 0) is 0 Å². The Kier molecular flexibility index (Phi) is 3.10. The highest BCUT2D eigenvalue weighted by Gasteiger charge is 2.15. The van der Waals surface area contributed by atoms with Gasteiger partial charge in [-0.15, -0.1) is 11.3 Å². The average molecular weight is 258 g/mol. The molecule has 1 aromatic carbocycles. The van der Waals surface area contributed by atoms with E-state index in [9.17, 15) is 18.0 Å². The molecule has 0 atom stereocenters. The lowest BCUT2D eigenvalue weighted by Gasteiger charge is -2.03. The molecule has 1 N–H and O–H groups in total. The fourth-order valence-corrected chi connectivity index (χ4v) is 1.67. The Morgan fingerprint density at radius 3 is 2.41 bits per heavy atom. The van der Waals surface area contributed by atoms with Gasteiger partial charge in [0.25, 0.3) is 5.91 Å². The van der Waals surface area contributed by atoms with Gasteiger partial charge in [-0.1, -0.05) is 0 Å². The van der Waals surface area contributed by atoms with Crippen LogP contribution in [-0.4, -0.2) is 10.9 Å². The van der Waals surface area contributed by atoms with Crippen molar-refractivity contribution in [2.75, 3.05) is 5.32 Å². The van der Waals surface area contributed by atoms with Crippen LogP contribution in [0.3, 0.4) is 0 Å². The fourth-order valence-electron chi connectivity index (χ4n) is 1.14. The summed E-state index contributed by atoms with van der Waals surface area (Å²) in [5.74, 6) is -5.17. The molecule has 0 unspecified atom stereocenters. The molecule has 2 rings (SSSR count). The lowest BCUT2D eigenvalue weighted by atomic mass is 10.2. The molecule has 3 nitrogen and oxygen atoms in total.